The van der Waals surface area contributed by atoms with Crippen LogP contribution in [0, 0.1) is 17.8 Å². The number of hydrogen-bond donors (Lipinski definition) is 3. The first-order valence-electron chi connectivity index (χ1n) is 17.0. The van der Waals surface area contributed by atoms with E-state index in [1.54, 1.807) is 0 Å². The van der Waals surface area contributed by atoms with Crippen LogP contribution in [-0.2, 0) is 33.6 Å². The van der Waals surface area contributed by atoms with E-state index in [1.807, 2.05) is 68.4 Å². The predicted molar refractivity (Wildman–Crippen MR) is 186 cm³/mol. The monoisotopic (exact) mass is 639 g/mol. The number of amides is 2. The second kappa shape index (κ2) is 18.0. The Balaban J connectivity index is 1.43. The minimum Gasteiger partial charge on any atom is -0.481 e. The van der Waals surface area contributed by atoms with Crippen molar-refractivity contribution < 1.29 is 23.9 Å². The molecular formula is C39H49N3O5. The summed E-state index contributed by atoms with van der Waals surface area (Å²) in [5.74, 6) is -1.92. The molecule has 1 aromatic heterocycles. The summed E-state index contributed by atoms with van der Waals surface area (Å²) in [6.45, 7) is 6.17. The summed E-state index contributed by atoms with van der Waals surface area (Å²) in [4.78, 5) is 44.2. The van der Waals surface area contributed by atoms with E-state index in [-0.39, 0.29) is 24.2 Å². The molecule has 2 amide bonds. The van der Waals surface area contributed by atoms with Crippen LogP contribution in [0.3, 0.4) is 0 Å². The van der Waals surface area contributed by atoms with E-state index >= 15 is 0 Å². The van der Waals surface area contributed by atoms with E-state index in [2.05, 4.69) is 46.8 Å². The van der Waals surface area contributed by atoms with Crippen LogP contribution >= 0.6 is 0 Å². The van der Waals surface area contributed by atoms with Crippen molar-refractivity contribution >= 4 is 34.6 Å². The maximum Gasteiger partial charge on any atom is 0.306 e. The first kappa shape index (κ1) is 35.4. The number of aliphatic carboxylic acids is 1. The summed E-state index contributed by atoms with van der Waals surface area (Å²) in [5.41, 5.74) is 4.59. The molecule has 0 bridgehead atoms. The lowest BCUT2D eigenvalue weighted by Crippen LogP contribution is -2.47. The largest absolute Gasteiger partial charge is 0.481 e. The van der Waals surface area contributed by atoms with Crippen molar-refractivity contribution in [3.63, 3.8) is 0 Å². The zero-order valence-electron chi connectivity index (χ0n) is 27.9. The summed E-state index contributed by atoms with van der Waals surface area (Å²) < 4.78 is 5.82. The third-order valence-electron chi connectivity index (χ3n) is 8.55. The van der Waals surface area contributed by atoms with Crippen LogP contribution in [0.25, 0.3) is 11.1 Å². The van der Waals surface area contributed by atoms with E-state index < -0.39 is 23.8 Å². The second-order valence-corrected chi connectivity index (χ2v) is 12.9. The standard InChI is InChI=1S/C39H49N3O5/c1-4-12-28-19-21-29(22-20-28)23-24-30(37(43)42-34(25-27(2)3)38(44)40-32-14-6-5-7-15-32)26-31(39(45)46)13-8-11-18-36-41-33-16-9-10-17-35(33)47-36/h5-7,9-10,14-17,19-22,27,30-31,34H,4,8,11-13,18,23-26H2,1-3H3,(H,40,44)(H,42,43)(H,45,46)/t30-,31?,34?/m1/s1. The van der Waals surface area contributed by atoms with Gasteiger partial charge >= 0.3 is 5.97 Å². The quantitative estimate of drug-likeness (QED) is 0.0894. The van der Waals surface area contributed by atoms with Gasteiger partial charge in [-0.15, -0.1) is 0 Å². The van der Waals surface area contributed by atoms with E-state index in [0.717, 1.165) is 35.9 Å². The van der Waals surface area contributed by atoms with Crippen LogP contribution in [-0.4, -0.2) is 33.9 Å². The number of carbonyl (C=O) groups is 3. The highest BCUT2D eigenvalue weighted by Gasteiger charge is 2.30. The molecule has 250 valence electrons. The van der Waals surface area contributed by atoms with Gasteiger partial charge in [-0.05, 0) is 86.3 Å². The molecule has 0 saturated heterocycles. The van der Waals surface area contributed by atoms with Gasteiger partial charge in [-0.2, -0.15) is 0 Å². The van der Waals surface area contributed by atoms with Crippen LogP contribution in [0.4, 0.5) is 5.69 Å². The summed E-state index contributed by atoms with van der Waals surface area (Å²) >= 11 is 0. The Labute approximate surface area is 278 Å². The smallest absolute Gasteiger partial charge is 0.306 e. The van der Waals surface area contributed by atoms with Gasteiger partial charge in [0.2, 0.25) is 11.8 Å². The average Bonchev–Trinajstić information content (AvgIpc) is 3.47. The highest BCUT2D eigenvalue weighted by Crippen LogP contribution is 2.25. The Kier molecular flexibility index (Phi) is 13.6. The van der Waals surface area contributed by atoms with Crippen LogP contribution < -0.4 is 10.6 Å². The van der Waals surface area contributed by atoms with E-state index in [1.165, 1.54) is 5.56 Å². The molecule has 4 rings (SSSR count). The Bertz CT molecular complexity index is 1530. The normalized spacial score (nSPS) is 13.3. The third-order valence-corrected chi connectivity index (χ3v) is 8.55. The molecule has 2 unspecified atom stereocenters. The van der Waals surface area contributed by atoms with Crippen molar-refractivity contribution in [2.75, 3.05) is 5.32 Å². The molecule has 4 aromatic rings. The maximum absolute atomic E-state index is 13.9. The Morgan fingerprint density at radius 3 is 2.11 bits per heavy atom. The molecule has 0 fully saturated rings. The minimum atomic E-state index is -0.908. The molecule has 1 heterocycles. The number of rotatable bonds is 19. The number of oxazole rings is 1. The van der Waals surface area contributed by atoms with Gasteiger partial charge < -0.3 is 20.2 Å². The second-order valence-electron chi connectivity index (χ2n) is 12.9. The Hall–Kier alpha value is -4.46. The minimum absolute atomic E-state index is 0.162. The lowest BCUT2D eigenvalue weighted by molar-refractivity contribution is -0.143. The highest BCUT2D eigenvalue weighted by atomic mass is 16.4. The summed E-state index contributed by atoms with van der Waals surface area (Å²) in [6, 6.07) is 24.5. The molecule has 47 heavy (non-hydrogen) atoms. The molecule has 0 aliphatic rings. The number of benzene rings is 3. The Morgan fingerprint density at radius 1 is 0.766 bits per heavy atom. The number of aryl methyl sites for hydroxylation is 3. The molecule has 0 aliphatic heterocycles. The number of nitrogens with one attached hydrogen (secondary N) is 2. The first-order chi connectivity index (χ1) is 22.7. The number of carboxylic acids is 1. The molecule has 8 nitrogen and oxygen atoms in total. The number of carboxylic acid groups (broad SMARTS) is 1. The number of anilines is 1. The van der Waals surface area contributed by atoms with Crippen molar-refractivity contribution in [2.45, 2.75) is 91.0 Å². The average molecular weight is 640 g/mol. The van der Waals surface area contributed by atoms with Crippen molar-refractivity contribution in [2.24, 2.45) is 17.8 Å². The highest BCUT2D eigenvalue weighted by molar-refractivity contribution is 5.97. The van der Waals surface area contributed by atoms with E-state index in [4.69, 9.17) is 4.42 Å². The van der Waals surface area contributed by atoms with Gasteiger partial charge in [0.15, 0.2) is 11.5 Å². The molecular weight excluding hydrogens is 590 g/mol. The zero-order valence-corrected chi connectivity index (χ0v) is 27.9. The molecule has 8 heteroatoms. The van der Waals surface area contributed by atoms with Gasteiger partial charge in [-0.1, -0.05) is 88.2 Å². The Morgan fingerprint density at radius 2 is 1.45 bits per heavy atom. The maximum atomic E-state index is 13.9. The molecule has 0 saturated carbocycles. The molecule has 3 N–H and O–H groups in total. The van der Waals surface area contributed by atoms with E-state index in [9.17, 15) is 19.5 Å². The number of para-hydroxylation sites is 3. The van der Waals surface area contributed by atoms with Gasteiger partial charge in [0.05, 0.1) is 5.92 Å². The van der Waals surface area contributed by atoms with E-state index in [0.29, 0.717) is 50.1 Å². The lowest BCUT2D eigenvalue weighted by Gasteiger charge is -2.25. The van der Waals surface area contributed by atoms with Gasteiger partial charge in [-0.3, -0.25) is 14.4 Å². The molecule has 3 atom stereocenters. The van der Waals surface area contributed by atoms with Crippen LogP contribution in [0.2, 0.25) is 0 Å². The van der Waals surface area contributed by atoms with Crippen LogP contribution in [0.5, 0.6) is 0 Å². The summed E-state index contributed by atoms with van der Waals surface area (Å²) in [5, 5.41) is 16.1. The van der Waals surface area contributed by atoms with Crippen molar-refractivity contribution in [3.8, 4) is 0 Å². The number of hydrogen-bond acceptors (Lipinski definition) is 5. The van der Waals surface area contributed by atoms with Gasteiger partial charge in [0.1, 0.15) is 11.6 Å². The summed E-state index contributed by atoms with van der Waals surface area (Å²) in [6.07, 6.45) is 6.33. The number of aromatic nitrogens is 1. The number of unbranched alkanes of at least 4 members (excludes halogenated alkanes) is 1. The van der Waals surface area contributed by atoms with Crippen molar-refractivity contribution in [1.29, 1.82) is 0 Å². The summed E-state index contributed by atoms with van der Waals surface area (Å²) in [7, 11) is 0. The molecule has 0 spiro atoms. The molecule has 0 radical (unpaired) electrons. The fourth-order valence-electron chi connectivity index (χ4n) is 5.98. The number of fused-ring (bicyclic) bond motifs is 1. The third kappa shape index (κ3) is 11.4. The van der Waals surface area contributed by atoms with Gasteiger partial charge in [-0.25, -0.2) is 4.98 Å². The van der Waals surface area contributed by atoms with Crippen molar-refractivity contribution in [3.05, 3.63) is 95.9 Å². The first-order valence-corrected chi connectivity index (χ1v) is 17.0. The van der Waals surface area contributed by atoms with Crippen molar-refractivity contribution in [1.82, 2.24) is 10.3 Å². The fourth-order valence-corrected chi connectivity index (χ4v) is 5.98. The number of carbonyl (C=O) groups excluding carboxylic acids is 2. The van der Waals surface area contributed by atoms with Gasteiger partial charge in [0.25, 0.3) is 0 Å². The lowest BCUT2D eigenvalue weighted by atomic mass is 9.86. The van der Waals surface area contributed by atoms with Gasteiger partial charge in [0, 0.05) is 18.0 Å². The SMILES string of the molecule is CCCc1ccc(CC[C@H](CC(CCCCc2nc3ccccc3o2)C(=O)O)C(=O)NC(CC(C)C)C(=O)Nc2ccccc2)cc1. The topological polar surface area (TPSA) is 122 Å². The zero-order chi connectivity index (χ0) is 33.6. The fraction of sp³-hybridized carbons (Fsp3) is 0.436. The van der Waals surface area contributed by atoms with Crippen LogP contribution in [0.1, 0.15) is 82.7 Å². The molecule has 0 aliphatic carbocycles. The predicted octanol–water partition coefficient (Wildman–Crippen LogP) is 8.00. The molecule has 3 aromatic carbocycles. The van der Waals surface area contributed by atoms with Crippen LogP contribution in [0.15, 0.2) is 83.3 Å². The number of nitrogens with zero attached hydrogens (tertiary/aromatic N) is 1.